The number of H-pyrrole nitrogens is 1. The minimum absolute atomic E-state index is 0.248. The summed E-state index contributed by atoms with van der Waals surface area (Å²) in [6.07, 6.45) is 3.97. The quantitative estimate of drug-likeness (QED) is 0.534. The van der Waals surface area contributed by atoms with E-state index in [4.69, 9.17) is 9.15 Å². The standard InChI is InChI=1S/C20H20FN7O3/c1-20(2,21)19-25-24-17(31-19)18(29)27-8-6-11-15(23-10-22-11)16(27)12-9-13-14(30-3)5-4-7-28(13)26-12/h4-5,7,9-10,16H,6,8H2,1-3H3,(H,22,23)/t16-/m0/s1. The molecule has 10 nitrogen and oxygen atoms in total. The predicted octanol–water partition coefficient (Wildman–Crippen LogP) is 2.44. The minimum atomic E-state index is -1.85. The van der Waals surface area contributed by atoms with Gasteiger partial charge in [-0.1, -0.05) is 0 Å². The Balaban J connectivity index is 1.59. The molecule has 5 heterocycles. The van der Waals surface area contributed by atoms with E-state index in [1.54, 1.807) is 29.0 Å². The van der Waals surface area contributed by atoms with Gasteiger partial charge < -0.3 is 19.0 Å². The molecule has 1 aliphatic heterocycles. The third kappa shape index (κ3) is 3.13. The zero-order valence-corrected chi connectivity index (χ0v) is 17.2. The number of hydrogen-bond donors (Lipinski definition) is 1. The summed E-state index contributed by atoms with van der Waals surface area (Å²) >= 11 is 0. The average Bonchev–Trinajstić information content (AvgIpc) is 3.50. The number of aromatic nitrogens is 6. The van der Waals surface area contributed by atoms with E-state index in [9.17, 15) is 9.18 Å². The van der Waals surface area contributed by atoms with Gasteiger partial charge in [-0.15, -0.1) is 10.2 Å². The molecule has 0 saturated carbocycles. The molecule has 0 bridgehead atoms. The molecule has 31 heavy (non-hydrogen) atoms. The number of hydrogen-bond acceptors (Lipinski definition) is 7. The number of alkyl halides is 1. The lowest BCUT2D eigenvalue weighted by molar-refractivity contribution is 0.0636. The number of halogens is 1. The Morgan fingerprint density at radius 1 is 1.39 bits per heavy atom. The van der Waals surface area contributed by atoms with Gasteiger partial charge in [-0.05, 0) is 32.0 Å². The first-order valence-electron chi connectivity index (χ1n) is 9.75. The second kappa shape index (κ2) is 6.89. The number of nitrogens with zero attached hydrogens (tertiary/aromatic N) is 6. The third-order valence-corrected chi connectivity index (χ3v) is 5.28. The van der Waals surface area contributed by atoms with Crippen LogP contribution in [0.5, 0.6) is 5.75 Å². The van der Waals surface area contributed by atoms with Crippen LogP contribution in [-0.2, 0) is 12.1 Å². The van der Waals surface area contributed by atoms with E-state index in [-0.39, 0.29) is 11.8 Å². The topological polar surface area (TPSA) is 114 Å². The van der Waals surface area contributed by atoms with Crippen LogP contribution >= 0.6 is 0 Å². The number of ether oxygens (including phenoxy) is 1. The van der Waals surface area contributed by atoms with Gasteiger partial charge in [0, 0.05) is 24.9 Å². The molecule has 1 atom stereocenters. The smallest absolute Gasteiger partial charge is 0.312 e. The molecule has 1 N–H and O–H groups in total. The van der Waals surface area contributed by atoms with E-state index in [2.05, 4.69) is 25.3 Å². The van der Waals surface area contributed by atoms with Crippen LogP contribution in [0.15, 0.2) is 35.1 Å². The van der Waals surface area contributed by atoms with Crippen molar-refractivity contribution in [2.45, 2.75) is 32.0 Å². The maximum atomic E-state index is 14.2. The summed E-state index contributed by atoms with van der Waals surface area (Å²) in [6, 6.07) is 4.94. The maximum Gasteiger partial charge on any atom is 0.312 e. The summed E-state index contributed by atoms with van der Waals surface area (Å²) in [5.41, 5.74) is 1.13. The van der Waals surface area contributed by atoms with Crippen LogP contribution in [-0.4, -0.2) is 54.2 Å². The van der Waals surface area contributed by atoms with Crippen molar-refractivity contribution in [3.8, 4) is 5.75 Å². The summed E-state index contributed by atoms with van der Waals surface area (Å²) < 4.78 is 26.6. The number of carbonyl (C=O) groups is 1. The number of imidazole rings is 1. The fourth-order valence-corrected chi connectivity index (χ4v) is 3.78. The first-order chi connectivity index (χ1) is 14.9. The number of methoxy groups -OCH3 is 1. The van der Waals surface area contributed by atoms with Crippen LogP contribution in [0.1, 0.15) is 53.5 Å². The molecule has 0 aromatic carbocycles. The molecule has 0 radical (unpaired) electrons. The highest BCUT2D eigenvalue weighted by molar-refractivity contribution is 5.90. The Bertz CT molecular complexity index is 1270. The van der Waals surface area contributed by atoms with E-state index < -0.39 is 17.6 Å². The van der Waals surface area contributed by atoms with Gasteiger partial charge in [-0.3, -0.25) is 4.79 Å². The van der Waals surface area contributed by atoms with Gasteiger partial charge in [0.05, 0.1) is 24.8 Å². The average molecular weight is 425 g/mol. The molecule has 11 heteroatoms. The first-order valence-corrected chi connectivity index (χ1v) is 9.75. The number of nitrogens with one attached hydrogen (secondary N) is 1. The SMILES string of the molecule is COc1cccn2nc([C@H]3c4nc[nH]c4CCN3C(=O)c3nnc(C(C)(C)F)o3)cc12. The van der Waals surface area contributed by atoms with Crippen LogP contribution in [0.4, 0.5) is 4.39 Å². The summed E-state index contributed by atoms with van der Waals surface area (Å²) in [5.74, 6) is -0.372. The Morgan fingerprint density at radius 3 is 2.97 bits per heavy atom. The molecule has 0 spiro atoms. The second-order valence-corrected chi connectivity index (χ2v) is 7.78. The zero-order valence-electron chi connectivity index (χ0n) is 17.2. The molecule has 4 aromatic heterocycles. The number of aromatic amines is 1. The van der Waals surface area contributed by atoms with Crippen molar-refractivity contribution in [2.24, 2.45) is 0 Å². The van der Waals surface area contributed by atoms with Crippen LogP contribution in [0, 0.1) is 0 Å². The number of fused-ring (bicyclic) bond motifs is 2. The molecule has 0 aliphatic carbocycles. The van der Waals surface area contributed by atoms with Crippen molar-refractivity contribution in [1.29, 1.82) is 0 Å². The summed E-state index contributed by atoms with van der Waals surface area (Å²) in [4.78, 5) is 22.4. The van der Waals surface area contributed by atoms with Gasteiger partial charge in [0.1, 0.15) is 17.3 Å². The van der Waals surface area contributed by atoms with Crippen molar-refractivity contribution in [1.82, 2.24) is 34.7 Å². The highest BCUT2D eigenvalue weighted by atomic mass is 19.1. The van der Waals surface area contributed by atoms with Crippen LogP contribution < -0.4 is 4.74 Å². The molecular formula is C20H20FN7O3. The summed E-state index contributed by atoms with van der Waals surface area (Å²) in [6.45, 7) is 2.96. The molecule has 1 amide bonds. The van der Waals surface area contributed by atoms with Crippen LogP contribution in [0.3, 0.4) is 0 Å². The monoisotopic (exact) mass is 425 g/mol. The highest BCUT2D eigenvalue weighted by Gasteiger charge is 2.39. The van der Waals surface area contributed by atoms with E-state index in [0.29, 0.717) is 30.1 Å². The lowest BCUT2D eigenvalue weighted by Crippen LogP contribution is -2.41. The Hall–Kier alpha value is -3.76. The lowest BCUT2D eigenvalue weighted by Gasteiger charge is -2.32. The lowest BCUT2D eigenvalue weighted by atomic mass is 9.99. The number of carbonyl (C=O) groups excluding carboxylic acids is 1. The Morgan fingerprint density at radius 2 is 2.23 bits per heavy atom. The van der Waals surface area contributed by atoms with Gasteiger partial charge in [0.25, 0.3) is 5.89 Å². The molecule has 4 aromatic rings. The molecule has 5 rings (SSSR count). The Kier molecular flexibility index (Phi) is 4.27. The van der Waals surface area contributed by atoms with Crippen molar-refractivity contribution < 1.29 is 18.3 Å². The number of rotatable bonds is 4. The Labute approximate surface area is 176 Å². The van der Waals surface area contributed by atoms with Gasteiger partial charge in [-0.25, -0.2) is 13.9 Å². The number of amides is 1. The largest absolute Gasteiger partial charge is 0.494 e. The van der Waals surface area contributed by atoms with E-state index in [1.165, 1.54) is 13.8 Å². The highest BCUT2D eigenvalue weighted by Crippen LogP contribution is 2.35. The van der Waals surface area contributed by atoms with E-state index in [0.717, 1.165) is 11.2 Å². The minimum Gasteiger partial charge on any atom is -0.494 e. The number of pyridine rings is 1. The van der Waals surface area contributed by atoms with Gasteiger partial charge in [0.15, 0.2) is 5.67 Å². The molecule has 0 saturated heterocycles. The second-order valence-electron chi connectivity index (χ2n) is 7.78. The van der Waals surface area contributed by atoms with Crippen molar-refractivity contribution in [3.05, 3.63) is 59.6 Å². The van der Waals surface area contributed by atoms with Gasteiger partial charge in [-0.2, -0.15) is 5.10 Å². The fourth-order valence-electron chi connectivity index (χ4n) is 3.78. The van der Waals surface area contributed by atoms with Crippen molar-refractivity contribution in [2.75, 3.05) is 13.7 Å². The van der Waals surface area contributed by atoms with E-state index in [1.807, 2.05) is 18.2 Å². The van der Waals surface area contributed by atoms with Crippen molar-refractivity contribution >= 4 is 11.4 Å². The third-order valence-electron chi connectivity index (χ3n) is 5.28. The maximum absolute atomic E-state index is 14.2. The zero-order chi connectivity index (χ0) is 21.8. The molecule has 1 aliphatic rings. The summed E-state index contributed by atoms with van der Waals surface area (Å²) in [5, 5.41) is 12.1. The summed E-state index contributed by atoms with van der Waals surface area (Å²) in [7, 11) is 1.59. The molecule has 0 unspecified atom stereocenters. The van der Waals surface area contributed by atoms with Crippen LogP contribution in [0.2, 0.25) is 0 Å². The van der Waals surface area contributed by atoms with Crippen molar-refractivity contribution in [3.63, 3.8) is 0 Å². The normalized spacial score (nSPS) is 16.5. The fraction of sp³-hybridized carbons (Fsp3) is 0.350. The van der Waals surface area contributed by atoms with E-state index >= 15 is 0 Å². The van der Waals surface area contributed by atoms with Crippen LogP contribution in [0.25, 0.3) is 5.52 Å². The first kappa shape index (κ1) is 19.2. The molecule has 160 valence electrons. The molecule has 0 fully saturated rings. The van der Waals surface area contributed by atoms with Gasteiger partial charge >= 0.3 is 11.8 Å². The van der Waals surface area contributed by atoms with Gasteiger partial charge in [0.2, 0.25) is 0 Å². The molecular weight excluding hydrogens is 405 g/mol. The predicted molar refractivity (Wildman–Crippen MR) is 105 cm³/mol.